The highest BCUT2D eigenvalue weighted by Crippen LogP contribution is 2.21. The Morgan fingerprint density at radius 2 is 1.55 bits per heavy atom. The summed E-state index contributed by atoms with van der Waals surface area (Å²) in [5, 5.41) is 11.9. The average molecular weight is 799 g/mol. The lowest BCUT2D eigenvalue weighted by Crippen LogP contribution is -2.59. The van der Waals surface area contributed by atoms with Crippen LogP contribution in [0.1, 0.15) is 54.5 Å². The van der Waals surface area contributed by atoms with E-state index in [9.17, 15) is 28.8 Å². The Morgan fingerprint density at radius 3 is 2.22 bits per heavy atom. The number of likely N-dealkylation sites (N-methyl/N-ethyl adjacent to an activating group) is 2. The van der Waals surface area contributed by atoms with Crippen LogP contribution in [-0.2, 0) is 48.0 Å². The molecule has 0 unspecified atom stereocenters. The number of nitrogens with one attached hydrogen (secondary N) is 6. The number of fused-ring (bicyclic) bond motifs is 1. The molecule has 18 heteroatoms. The molecule has 0 aliphatic heterocycles. The van der Waals surface area contributed by atoms with Crippen molar-refractivity contribution in [3.8, 4) is 0 Å². The van der Waals surface area contributed by atoms with Crippen LogP contribution in [0.15, 0.2) is 72.2 Å². The molecule has 58 heavy (non-hydrogen) atoms. The summed E-state index contributed by atoms with van der Waals surface area (Å²) in [6.07, 6.45) is 5.49. The third kappa shape index (κ3) is 13.2. The van der Waals surface area contributed by atoms with Crippen LogP contribution < -0.4 is 38.5 Å². The molecule has 0 saturated heterocycles. The summed E-state index contributed by atoms with van der Waals surface area (Å²) in [5.41, 5.74) is 20.3. The lowest BCUT2D eigenvalue weighted by molar-refractivity contribution is -0.143. The number of guanidine groups is 1. The Labute approximate surface area is 336 Å². The number of aromatic nitrogens is 3. The Hall–Kier alpha value is -6.72. The molecule has 0 fully saturated rings. The standard InChI is InChI=1S/C40H54N12O6/c1-24-14-15-28-26(21-47-29(28)17-24)19-30(36(55)44-2)50-38(57)33(11-8-16-46-40(42)43)52(3)39(58)32(18-25-9-5-4-6-10-25)51-37(56)31(20-27-22-45-23-48-27)49-35(54)13-7-12-34(41)53/h4-6,9-10,14-15,17,21-23,30-33,47H,7-8,11-13,16,18-20H2,1-3H3,(H2,41,53)(H,44,55)(H,45,48)(H,49,54)(H,50,57)(H,51,56)(H4,42,43,46)/t30-,31-,32+,33-/m0/s1. The van der Waals surface area contributed by atoms with Crippen LogP contribution >= 0.6 is 0 Å². The van der Waals surface area contributed by atoms with Gasteiger partial charge in [-0.3, -0.25) is 33.8 Å². The fourth-order valence-corrected chi connectivity index (χ4v) is 6.57. The first-order valence-corrected chi connectivity index (χ1v) is 19.1. The molecular formula is C40H54N12O6. The quantitative estimate of drug-likeness (QED) is 0.0293. The predicted octanol–water partition coefficient (Wildman–Crippen LogP) is -0.0361. The average Bonchev–Trinajstić information content (AvgIpc) is 3.86. The SMILES string of the molecule is CNC(=O)[C@H](Cc1c[nH]c2cc(C)ccc12)NC(=O)[C@H](CCCN=C(N)N)N(C)C(=O)[C@@H](Cc1ccccc1)NC(=O)[C@H](Cc1cnc[nH]1)NC(=O)CCCC(N)=O. The molecule has 4 aromatic rings. The summed E-state index contributed by atoms with van der Waals surface area (Å²) < 4.78 is 0. The van der Waals surface area contributed by atoms with Crippen LogP contribution in [0.5, 0.6) is 0 Å². The molecule has 4 rings (SSSR count). The summed E-state index contributed by atoms with van der Waals surface area (Å²) >= 11 is 0. The van der Waals surface area contributed by atoms with E-state index in [1.165, 1.54) is 31.5 Å². The summed E-state index contributed by atoms with van der Waals surface area (Å²) in [4.78, 5) is 95.7. The van der Waals surface area contributed by atoms with Crippen molar-refractivity contribution in [1.29, 1.82) is 0 Å². The Balaban J connectivity index is 1.61. The summed E-state index contributed by atoms with van der Waals surface area (Å²) in [6, 6.07) is 10.4. The third-order valence-corrected chi connectivity index (χ3v) is 9.63. The monoisotopic (exact) mass is 798 g/mol. The number of rotatable bonds is 22. The summed E-state index contributed by atoms with van der Waals surface area (Å²) in [7, 11) is 2.93. The molecule has 0 aliphatic rings. The number of benzene rings is 2. The van der Waals surface area contributed by atoms with Gasteiger partial charge < -0.3 is 53.3 Å². The molecule has 4 atom stereocenters. The van der Waals surface area contributed by atoms with Gasteiger partial charge in [0.25, 0.3) is 0 Å². The second-order valence-electron chi connectivity index (χ2n) is 14.1. The van der Waals surface area contributed by atoms with Crippen molar-refractivity contribution in [2.45, 2.75) is 82.5 Å². The van der Waals surface area contributed by atoms with Crippen LogP contribution in [0.25, 0.3) is 10.9 Å². The first kappa shape index (κ1) is 44.0. The first-order valence-electron chi connectivity index (χ1n) is 19.1. The maximum absolute atomic E-state index is 14.6. The lowest BCUT2D eigenvalue weighted by Gasteiger charge is -2.32. The molecular weight excluding hydrogens is 745 g/mol. The molecule has 310 valence electrons. The largest absolute Gasteiger partial charge is 0.370 e. The molecule has 6 amide bonds. The number of aryl methyl sites for hydroxylation is 1. The Kier molecular flexibility index (Phi) is 16.3. The number of hydrogen-bond acceptors (Lipinski definition) is 8. The summed E-state index contributed by atoms with van der Waals surface area (Å²) in [6.45, 7) is 2.14. The smallest absolute Gasteiger partial charge is 0.245 e. The number of carbonyl (C=O) groups is 6. The molecule has 0 saturated carbocycles. The van der Waals surface area contributed by atoms with Gasteiger partial charge >= 0.3 is 0 Å². The van der Waals surface area contributed by atoms with Gasteiger partial charge in [-0.1, -0.05) is 42.5 Å². The van der Waals surface area contributed by atoms with Gasteiger partial charge in [-0.05, 0) is 48.9 Å². The van der Waals surface area contributed by atoms with Crippen molar-refractivity contribution in [3.05, 3.63) is 89.6 Å². The second-order valence-corrected chi connectivity index (χ2v) is 14.1. The zero-order chi connectivity index (χ0) is 42.2. The Bertz CT molecular complexity index is 2040. The highest BCUT2D eigenvalue weighted by atomic mass is 16.2. The number of imidazole rings is 1. The number of aliphatic imine (C=N–C) groups is 1. The minimum Gasteiger partial charge on any atom is -0.370 e. The molecule has 0 aliphatic carbocycles. The Morgan fingerprint density at radius 1 is 0.828 bits per heavy atom. The fraction of sp³-hybridized carbons (Fsp3) is 0.400. The number of carbonyl (C=O) groups excluding carboxylic acids is 6. The third-order valence-electron chi connectivity index (χ3n) is 9.63. The molecule has 18 nitrogen and oxygen atoms in total. The zero-order valence-corrected chi connectivity index (χ0v) is 33.0. The molecule has 2 aromatic heterocycles. The van der Waals surface area contributed by atoms with E-state index in [1.807, 2.05) is 31.2 Å². The fourth-order valence-electron chi connectivity index (χ4n) is 6.57. The zero-order valence-electron chi connectivity index (χ0n) is 33.0. The molecule has 2 aromatic carbocycles. The minimum atomic E-state index is -1.20. The van der Waals surface area contributed by atoms with Gasteiger partial charge in [-0.25, -0.2) is 4.98 Å². The maximum atomic E-state index is 14.6. The lowest BCUT2D eigenvalue weighted by atomic mass is 10.0. The van der Waals surface area contributed by atoms with Gasteiger partial charge in [0.2, 0.25) is 35.4 Å². The van der Waals surface area contributed by atoms with Crippen molar-refractivity contribution in [3.63, 3.8) is 0 Å². The molecule has 12 N–H and O–H groups in total. The van der Waals surface area contributed by atoms with Crippen molar-refractivity contribution < 1.29 is 28.8 Å². The van der Waals surface area contributed by atoms with Crippen LogP contribution in [0.3, 0.4) is 0 Å². The van der Waals surface area contributed by atoms with Crippen LogP contribution in [0.2, 0.25) is 0 Å². The second kappa shape index (κ2) is 21.5. The number of primary amides is 1. The van der Waals surface area contributed by atoms with E-state index in [4.69, 9.17) is 17.2 Å². The van der Waals surface area contributed by atoms with Crippen LogP contribution in [0.4, 0.5) is 0 Å². The molecule has 0 radical (unpaired) electrons. The van der Waals surface area contributed by atoms with Crippen LogP contribution in [0, 0.1) is 6.92 Å². The van der Waals surface area contributed by atoms with Gasteiger partial charge in [-0.2, -0.15) is 0 Å². The number of amides is 6. The highest BCUT2D eigenvalue weighted by Gasteiger charge is 2.35. The number of H-pyrrole nitrogens is 2. The van der Waals surface area contributed by atoms with Crippen molar-refractivity contribution in [2.75, 3.05) is 20.6 Å². The van der Waals surface area contributed by atoms with Crippen molar-refractivity contribution in [1.82, 2.24) is 41.1 Å². The van der Waals surface area contributed by atoms with E-state index in [-0.39, 0.29) is 57.5 Å². The van der Waals surface area contributed by atoms with Gasteiger partial charge in [-0.15, -0.1) is 0 Å². The van der Waals surface area contributed by atoms with Gasteiger partial charge in [0.15, 0.2) is 5.96 Å². The minimum absolute atomic E-state index is 0.00185. The number of hydrogen-bond donors (Lipinski definition) is 9. The molecule has 0 spiro atoms. The van der Waals surface area contributed by atoms with Gasteiger partial charge in [0, 0.05) is 81.7 Å². The molecule has 0 bridgehead atoms. The predicted molar refractivity (Wildman–Crippen MR) is 219 cm³/mol. The molecule has 2 heterocycles. The topological polar surface area (TPSA) is 289 Å². The van der Waals surface area contributed by atoms with E-state index in [0.717, 1.165) is 27.6 Å². The van der Waals surface area contributed by atoms with E-state index >= 15 is 0 Å². The normalized spacial score (nSPS) is 13.0. The van der Waals surface area contributed by atoms with E-state index in [1.54, 1.807) is 30.5 Å². The van der Waals surface area contributed by atoms with Crippen molar-refractivity contribution >= 4 is 52.3 Å². The highest BCUT2D eigenvalue weighted by molar-refractivity contribution is 5.96. The number of aromatic amines is 2. The first-order chi connectivity index (χ1) is 27.7. The van der Waals surface area contributed by atoms with E-state index < -0.39 is 59.6 Å². The number of nitrogens with two attached hydrogens (primary N) is 3. The van der Waals surface area contributed by atoms with E-state index in [0.29, 0.717) is 12.1 Å². The van der Waals surface area contributed by atoms with Crippen molar-refractivity contribution in [2.24, 2.45) is 22.2 Å². The van der Waals surface area contributed by atoms with Gasteiger partial charge in [0.1, 0.15) is 24.2 Å². The van der Waals surface area contributed by atoms with Crippen LogP contribution in [-0.4, -0.2) is 106 Å². The van der Waals surface area contributed by atoms with Gasteiger partial charge in [0.05, 0.1) is 6.33 Å². The number of nitrogens with zero attached hydrogens (tertiary/aromatic N) is 3. The van der Waals surface area contributed by atoms with E-state index in [2.05, 4.69) is 41.2 Å². The summed E-state index contributed by atoms with van der Waals surface area (Å²) in [5.74, 6) is -3.47. The maximum Gasteiger partial charge on any atom is 0.245 e.